The van der Waals surface area contributed by atoms with Crippen LogP contribution in [0.3, 0.4) is 0 Å². The minimum atomic E-state index is -0.275. The molecule has 1 aliphatic carbocycles. The second-order valence-electron chi connectivity index (χ2n) is 7.30. The van der Waals surface area contributed by atoms with Gasteiger partial charge < -0.3 is 10.6 Å². The van der Waals surface area contributed by atoms with Crippen LogP contribution in [0.25, 0.3) is 0 Å². The highest BCUT2D eigenvalue weighted by Crippen LogP contribution is 2.17. The maximum atomic E-state index is 12.5. The maximum absolute atomic E-state index is 12.5. The average molecular weight is 369 g/mol. The molecule has 1 fully saturated rings. The summed E-state index contributed by atoms with van der Waals surface area (Å²) in [5, 5.41) is 15.4. The van der Waals surface area contributed by atoms with Gasteiger partial charge in [-0.3, -0.25) is 9.78 Å². The summed E-state index contributed by atoms with van der Waals surface area (Å²) in [6.07, 6.45) is 16.6. The summed E-state index contributed by atoms with van der Waals surface area (Å²) in [6.45, 7) is 0.489. The summed E-state index contributed by atoms with van der Waals surface area (Å²) in [4.78, 5) is 16.7. The second kappa shape index (κ2) is 12.9. The molecule has 1 saturated carbocycles. The predicted molar refractivity (Wildman–Crippen MR) is 107 cm³/mol. The summed E-state index contributed by atoms with van der Waals surface area (Å²) in [5.41, 5.74) is 0.989. The molecule has 2 N–H and O–H groups in total. The highest BCUT2D eigenvalue weighted by molar-refractivity contribution is 5.97. The third kappa shape index (κ3) is 8.72. The van der Waals surface area contributed by atoms with Gasteiger partial charge in [-0.25, -0.2) is 0 Å². The minimum absolute atomic E-state index is 0.122. The number of aromatic nitrogens is 1. The van der Waals surface area contributed by atoms with Crippen molar-refractivity contribution >= 4 is 5.91 Å². The van der Waals surface area contributed by atoms with Crippen molar-refractivity contribution in [3.63, 3.8) is 0 Å². The van der Waals surface area contributed by atoms with Crippen LogP contribution in [-0.2, 0) is 11.3 Å². The van der Waals surface area contributed by atoms with Crippen molar-refractivity contribution < 1.29 is 4.79 Å². The Hall–Kier alpha value is -2.35. The van der Waals surface area contributed by atoms with E-state index in [1.807, 2.05) is 24.3 Å². The van der Waals surface area contributed by atoms with Crippen LogP contribution < -0.4 is 10.6 Å². The minimum Gasteiger partial charge on any atom is -0.384 e. The molecular weight excluding hydrogens is 336 g/mol. The number of rotatable bonds is 5. The monoisotopic (exact) mass is 368 g/mol. The first-order chi connectivity index (χ1) is 13.3. The van der Waals surface area contributed by atoms with Gasteiger partial charge in [-0.2, -0.15) is 5.26 Å². The van der Waals surface area contributed by atoms with Crippen molar-refractivity contribution in [3.8, 4) is 6.07 Å². The Labute approximate surface area is 163 Å². The Balaban J connectivity index is 1.84. The molecule has 1 aromatic heterocycles. The molecule has 1 heterocycles. The highest BCUT2D eigenvalue weighted by Gasteiger charge is 2.15. The Morgan fingerprint density at radius 1 is 1.07 bits per heavy atom. The van der Waals surface area contributed by atoms with Crippen molar-refractivity contribution in [3.05, 3.63) is 41.9 Å². The van der Waals surface area contributed by atoms with E-state index in [0.29, 0.717) is 6.54 Å². The summed E-state index contributed by atoms with van der Waals surface area (Å²) < 4.78 is 0. The molecule has 0 radical (unpaired) electrons. The zero-order valence-corrected chi connectivity index (χ0v) is 16.3. The van der Waals surface area contributed by atoms with Crippen LogP contribution in [-0.4, -0.2) is 16.9 Å². The first-order valence-electron chi connectivity index (χ1n) is 10.3. The molecule has 1 amide bonds. The van der Waals surface area contributed by atoms with E-state index in [1.165, 1.54) is 51.1 Å². The molecular formula is C22H32N4O. The van der Waals surface area contributed by atoms with Gasteiger partial charge in [0.15, 0.2) is 0 Å². The fourth-order valence-electron chi connectivity index (χ4n) is 3.48. The Morgan fingerprint density at radius 3 is 2.26 bits per heavy atom. The van der Waals surface area contributed by atoms with Gasteiger partial charge in [0.05, 0.1) is 12.2 Å². The number of nitriles is 1. The summed E-state index contributed by atoms with van der Waals surface area (Å²) >= 11 is 0. The van der Waals surface area contributed by atoms with Gasteiger partial charge in [-0.15, -0.1) is 0 Å². The molecule has 5 heteroatoms. The largest absolute Gasteiger partial charge is 0.384 e. The third-order valence-electron chi connectivity index (χ3n) is 5.06. The topological polar surface area (TPSA) is 77.8 Å². The van der Waals surface area contributed by atoms with E-state index < -0.39 is 0 Å². The quantitative estimate of drug-likeness (QED) is 0.598. The van der Waals surface area contributed by atoms with E-state index in [9.17, 15) is 10.1 Å². The molecule has 0 unspecified atom stereocenters. The first kappa shape index (κ1) is 21.0. The summed E-state index contributed by atoms with van der Waals surface area (Å²) in [6, 6.07) is 7.85. The first-order valence-corrected chi connectivity index (χ1v) is 10.3. The molecule has 0 aliphatic heterocycles. The fraction of sp³-hybridized carbons (Fsp3) is 0.591. The molecule has 0 saturated heterocycles. The summed E-state index contributed by atoms with van der Waals surface area (Å²) in [7, 11) is 0. The molecule has 1 aliphatic rings. The van der Waals surface area contributed by atoms with Gasteiger partial charge in [0, 0.05) is 18.4 Å². The van der Waals surface area contributed by atoms with E-state index in [0.717, 1.165) is 31.4 Å². The predicted octanol–water partition coefficient (Wildman–Crippen LogP) is 4.37. The van der Waals surface area contributed by atoms with Crippen LogP contribution in [0.5, 0.6) is 0 Å². The van der Waals surface area contributed by atoms with Gasteiger partial charge in [-0.1, -0.05) is 63.9 Å². The molecule has 146 valence electrons. The van der Waals surface area contributed by atoms with Gasteiger partial charge in [0.25, 0.3) is 5.91 Å². The lowest BCUT2D eigenvalue weighted by atomic mass is 9.98. The van der Waals surface area contributed by atoms with Crippen LogP contribution in [0.1, 0.15) is 76.3 Å². The van der Waals surface area contributed by atoms with Crippen LogP contribution >= 0.6 is 0 Å². The van der Waals surface area contributed by atoms with Gasteiger partial charge in [0.1, 0.15) is 11.6 Å². The maximum Gasteiger partial charge on any atom is 0.263 e. The Morgan fingerprint density at radius 2 is 1.70 bits per heavy atom. The number of pyridine rings is 1. The van der Waals surface area contributed by atoms with Crippen molar-refractivity contribution in [2.45, 2.75) is 83.2 Å². The van der Waals surface area contributed by atoms with Crippen molar-refractivity contribution in [2.24, 2.45) is 0 Å². The third-order valence-corrected chi connectivity index (χ3v) is 5.06. The number of nitrogens with zero attached hydrogens (tertiary/aromatic N) is 2. The van der Waals surface area contributed by atoms with E-state index in [1.54, 1.807) is 6.20 Å². The van der Waals surface area contributed by atoms with Crippen molar-refractivity contribution in [2.75, 3.05) is 0 Å². The number of nitrogens with one attached hydrogen (secondary N) is 2. The number of carbonyl (C=O) groups excluding carboxylic acids is 1. The standard InChI is InChI=1S/C22H32N4O/c23-16-19(17-24-18-21-14-10-11-15-25-21)22(27)26-20-12-8-6-4-2-1-3-5-7-9-13-20/h10-11,14-15,17,20,24H,1-9,12-13,18H2,(H,26,27)/b19-17-. The number of carbonyl (C=O) groups is 1. The Kier molecular flexibility index (Phi) is 10.0. The average Bonchev–Trinajstić information content (AvgIpc) is 2.68. The molecule has 2 rings (SSSR count). The SMILES string of the molecule is N#C/C(=C/NCc1ccccn1)C(=O)NC1CCCCCCCCCCC1. The van der Waals surface area contributed by atoms with Crippen molar-refractivity contribution in [1.82, 2.24) is 15.6 Å². The smallest absolute Gasteiger partial charge is 0.263 e. The normalized spacial score (nSPS) is 17.8. The van der Waals surface area contributed by atoms with E-state index in [2.05, 4.69) is 15.6 Å². The van der Waals surface area contributed by atoms with Crippen LogP contribution in [0.4, 0.5) is 0 Å². The lowest BCUT2D eigenvalue weighted by molar-refractivity contribution is -0.117. The summed E-state index contributed by atoms with van der Waals surface area (Å²) in [5.74, 6) is -0.275. The molecule has 1 aromatic rings. The molecule has 0 spiro atoms. The van der Waals surface area contributed by atoms with Crippen LogP contribution in [0, 0.1) is 11.3 Å². The zero-order chi connectivity index (χ0) is 19.2. The number of hydrogen-bond acceptors (Lipinski definition) is 4. The zero-order valence-electron chi connectivity index (χ0n) is 16.3. The Bertz CT molecular complexity index is 609. The van der Waals surface area contributed by atoms with E-state index in [-0.39, 0.29) is 17.5 Å². The molecule has 0 atom stereocenters. The van der Waals surface area contributed by atoms with Gasteiger partial charge in [0.2, 0.25) is 0 Å². The van der Waals surface area contributed by atoms with Gasteiger partial charge in [-0.05, 0) is 25.0 Å². The fourth-order valence-corrected chi connectivity index (χ4v) is 3.48. The van der Waals surface area contributed by atoms with Crippen molar-refractivity contribution in [1.29, 1.82) is 5.26 Å². The second-order valence-corrected chi connectivity index (χ2v) is 7.30. The highest BCUT2D eigenvalue weighted by atomic mass is 16.1. The van der Waals surface area contributed by atoms with Gasteiger partial charge >= 0.3 is 0 Å². The molecule has 27 heavy (non-hydrogen) atoms. The molecule has 0 aromatic carbocycles. The van der Waals surface area contributed by atoms with Crippen LogP contribution in [0.15, 0.2) is 36.2 Å². The van der Waals surface area contributed by atoms with Crippen LogP contribution in [0.2, 0.25) is 0 Å². The lowest BCUT2D eigenvalue weighted by Crippen LogP contribution is -2.36. The lowest BCUT2D eigenvalue weighted by Gasteiger charge is -2.19. The molecule has 5 nitrogen and oxygen atoms in total. The van der Waals surface area contributed by atoms with E-state index in [4.69, 9.17) is 0 Å². The van der Waals surface area contributed by atoms with E-state index >= 15 is 0 Å². The number of hydrogen-bond donors (Lipinski definition) is 2. The molecule has 0 bridgehead atoms. The number of amides is 1.